The van der Waals surface area contributed by atoms with Crippen LogP contribution in [-0.2, 0) is 10.9 Å². The van der Waals surface area contributed by atoms with Gasteiger partial charge >= 0.3 is 6.18 Å². The molecule has 2 aromatic carbocycles. The molecule has 3 aromatic rings. The van der Waals surface area contributed by atoms with E-state index in [2.05, 4.69) is 20.6 Å². The van der Waals surface area contributed by atoms with Crippen LogP contribution in [0.25, 0.3) is 11.4 Å². The molecule has 0 aliphatic heterocycles. The summed E-state index contributed by atoms with van der Waals surface area (Å²) < 4.78 is 44.9. The third kappa shape index (κ3) is 4.98. The topological polar surface area (TPSA) is 59.1 Å². The van der Waals surface area contributed by atoms with E-state index in [9.17, 15) is 13.2 Å². The molecule has 2 N–H and O–H groups in total. The summed E-state index contributed by atoms with van der Waals surface area (Å²) >= 11 is 0. The van der Waals surface area contributed by atoms with Crippen LogP contribution in [0, 0.1) is 0 Å². The van der Waals surface area contributed by atoms with Crippen LogP contribution in [0.5, 0.6) is 0 Å². The first-order valence-electron chi connectivity index (χ1n) is 8.58. The summed E-state index contributed by atoms with van der Waals surface area (Å²) in [7, 11) is 1.58. The summed E-state index contributed by atoms with van der Waals surface area (Å²) in [5, 5.41) is 5.87. The minimum Gasteiger partial charge on any atom is -0.383 e. The van der Waals surface area contributed by atoms with Crippen LogP contribution >= 0.6 is 0 Å². The molecule has 1 aromatic heterocycles. The number of anilines is 3. The normalized spacial score (nSPS) is 11.3. The van der Waals surface area contributed by atoms with E-state index in [0.29, 0.717) is 24.8 Å². The summed E-state index contributed by atoms with van der Waals surface area (Å²) in [5.41, 5.74) is -0.0793. The fraction of sp³-hybridized carbons (Fsp3) is 0.200. The molecular formula is C20H19F3N4O. The Bertz CT molecular complexity index is 917. The fourth-order valence-electron chi connectivity index (χ4n) is 2.58. The number of rotatable bonds is 7. The number of alkyl halides is 3. The van der Waals surface area contributed by atoms with Crippen molar-refractivity contribution in [3.63, 3.8) is 0 Å². The highest BCUT2D eigenvalue weighted by Gasteiger charge is 2.33. The van der Waals surface area contributed by atoms with Gasteiger partial charge in [-0.05, 0) is 12.1 Å². The number of aromatic nitrogens is 2. The van der Waals surface area contributed by atoms with Crippen molar-refractivity contribution in [1.82, 2.24) is 9.97 Å². The van der Waals surface area contributed by atoms with Gasteiger partial charge in [-0.15, -0.1) is 0 Å². The maximum atomic E-state index is 13.3. The van der Waals surface area contributed by atoms with Crippen molar-refractivity contribution in [2.45, 2.75) is 6.18 Å². The highest BCUT2D eigenvalue weighted by molar-refractivity contribution is 5.67. The van der Waals surface area contributed by atoms with Crippen molar-refractivity contribution in [3.05, 3.63) is 66.2 Å². The van der Waals surface area contributed by atoms with Crippen LogP contribution in [0.2, 0.25) is 0 Å². The zero-order valence-electron chi connectivity index (χ0n) is 15.1. The minimum absolute atomic E-state index is 0.0736. The van der Waals surface area contributed by atoms with Crippen LogP contribution in [0.4, 0.5) is 30.5 Å². The number of benzene rings is 2. The molecule has 0 aliphatic carbocycles. The van der Waals surface area contributed by atoms with Gasteiger partial charge in [0.15, 0.2) is 5.82 Å². The second-order valence-corrected chi connectivity index (χ2v) is 5.92. The number of nitrogens with one attached hydrogen (secondary N) is 2. The molecule has 0 amide bonds. The van der Waals surface area contributed by atoms with Crippen molar-refractivity contribution in [2.24, 2.45) is 0 Å². The molecule has 0 saturated carbocycles. The number of methoxy groups -OCH3 is 1. The van der Waals surface area contributed by atoms with Gasteiger partial charge < -0.3 is 15.4 Å². The maximum absolute atomic E-state index is 13.3. The van der Waals surface area contributed by atoms with E-state index in [0.717, 1.165) is 11.6 Å². The van der Waals surface area contributed by atoms with Gasteiger partial charge in [0.1, 0.15) is 11.6 Å². The lowest BCUT2D eigenvalue weighted by atomic mass is 10.1. The van der Waals surface area contributed by atoms with E-state index < -0.39 is 11.7 Å². The third-order valence-corrected chi connectivity index (χ3v) is 3.87. The van der Waals surface area contributed by atoms with E-state index in [1.54, 1.807) is 13.2 Å². The minimum atomic E-state index is -4.47. The highest BCUT2D eigenvalue weighted by Crippen LogP contribution is 2.36. The summed E-state index contributed by atoms with van der Waals surface area (Å²) in [6.45, 7) is 0.963. The summed E-state index contributed by atoms with van der Waals surface area (Å²) in [5.74, 6) is 1.14. The second-order valence-electron chi connectivity index (χ2n) is 5.92. The molecule has 0 saturated heterocycles. The van der Waals surface area contributed by atoms with Gasteiger partial charge in [0.25, 0.3) is 0 Å². The van der Waals surface area contributed by atoms with Gasteiger partial charge in [0.2, 0.25) is 0 Å². The number of ether oxygens (including phenoxy) is 1. The zero-order valence-corrected chi connectivity index (χ0v) is 15.1. The molecule has 5 nitrogen and oxygen atoms in total. The SMILES string of the molecule is COCCNc1cc(Nc2ccccc2C(F)(F)F)nc(-c2ccccc2)n1. The lowest BCUT2D eigenvalue weighted by Gasteiger charge is -2.15. The highest BCUT2D eigenvalue weighted by atomic mass is 19.4. The first-order chi connectivity index (χ1) is 13.5. The number of hydrogen-bond acceptors (Lipinski definition) is 5. The first-order valence-corrected chi connectivity index (χ1v) is 8.58. The standard InChI is InChI=1S/C20H19F3N4O/c1-28-12-11-24-17-13-18(27-19(26-17)14-7-3-2-4-8-14)25-16-10-6-5-9-15(16)20(21,22)23/h2-10,13H,11-12H2,1H3,(H2,24,25,26,27). The van der Waals surface area contributed by atoms with E-state index in [4.69, 9.17) is 4.74 Å². The Kier molecular flexibility index (Phi) is 6.10. The van der Waals surface area contributed by atoms with Crippen molar-refractivity contribution >= 4 is 17.3 Å². The lowest BCUT2D eigenvalue weighted by molar-refractivity contribution is -0.136. The smallest absolute Gasteiger partial charge is 0.383 e. The number of halogens is 3. The van der Waals surface area contributed by atoms with Crippen molar-refractivity contribution in [2.75, 3.05) is 30.9 Å². The van der Waals surface area contributed by atoms with E-state index >= 15 is 0 Å². The molecule has 0 spiro atoms. The molecule has 3 rings (SSSR count). The average Bonchev–Trinajstić information content (AvgIpc) is 2.68. The van der Waals surface area contributed by atoms with Crippen molar-refractivity contribution < 1.29 is 17.9 Å². The Labute approximate surface area is 160 Å². The second kappa shape index (κ2) is 8.71. The first kappa shape index (κ1) is 19.6. The Morgan fingerprint density at radius 2 is 1.61 bits per heavy atom. The molecule has 0 aliphatic rings. The number of hydrogen-bond donors (Lipinski definition) is 2. The molecule has 0 unspecified atom stereocenters. The molecule has 8 heteroatoms. The quantitative estimate of drug-likeness (QED) is 0.560. The molecule has 0 bridgehead atoms. The Hall–Kier alpha value is -3.13. The Morgan fingerprint density at radius 1 is 0.929 bits per heavy atom. The van der Waals surface area contributed by atoms with Crippen molar-refractivity contribution in [1.29, 1.82) is 0 Å². The molecule has 146 valence electrons. The van der Waals surface area contributed by atoms with Gasteiger partial charge in [-0.2, -0.15) is 13.2 Å². The van der Waals surface area contributed by atoms with Crippen LogP contribution in [0.1, 0.15) is 5.56 Å². The van der Waals surface area contributed by atoms with E-state index in [1.807, 2.05) is 30.3 Å². The Morgan fingerprint density at radius 3 is 2.32 bits per heavy atom. The summed E-state index contributed by atoms with van der Waals surface area (Å²) in [6.07, 6.45) is -4.47. The zero-order chi connectivity index (χ0) is 20.0. The summed E-state index contributed by atoms with van der Waals surface area (Å²) in [6, 6.07) is 16.1. The van der Waals surface area contributed by atoms with Crippen molar-refractivity contribution in [3.8, 4) is 11.4 Å². The van der Waals surface area contributed by atoms with E-state index in [-0.39, 0.29) is 11.5 Å². The van der Waals surface area contributed by atoms with Crippen LogP contribution in [0.15, 0.2) is 60.7 Å². The molecule has 28 heavy (non-hydrogen) atoms. The number of para-hydroxylation sites is 1. The van der Waals surface area contributed by atoms with Gasteiger partial charge in [-0.1, -0.05) is 42.5 Å². The van der Waals surface area contributed by atoms with Gasteiger partial charge in [-0.3, -0.25) is 0 Å². The average molecular weight is 388 g/mol. The number of nitrogens with zero attached hydrogens (tertiary/aromatic N) is 2. The monoisotopic (exact) mass is 388 g/mol. The van der Waals surface area contributed by atoms with Gasteiger partial charge in [0.05, 0.1) is 17.9 Å². The van der Waals surface area contributed by atoms with Gasteiger partial charge in [-0.25, -0.2) is 9.97 Å². The predicted molar refractivity (Wildman–Crippen MR) is 103 cm³/mol. The van der Waals surface area contributed by atoms with Crippen LogP contribution in [-0.4, -0.2) is 30.2 Å². The summed E-state index contributed by atoms with van der Waals surface area (Å²) in [4.78, 5) is 8.84. The molecule has 1 heterocycles. The van der Waals surface area contributed by atoms with Crippen LogP contribution in [0.3, 0.4) is 0 Å². The van der Waals surface area contributed by atoms with Gasteiger partial charge in [0, 0.05) is 25.3 Å². The lowest BCUT2D eigenvalue weighted by Crippen LogP contribution is -2.11. The fourth-order valence-corrected chi connectivity index (χ4v) is 2.58. The van der Waals surface area contributed by atoms with Crippen LogP contribution < -0.4 is 10.6 Å². The van der Waals surface area contributed by atoms with E-state index in [1.165, 1.54) is 18.2 Å². The predicted octanol–water partition coefficient (Wildman–Crippen LogP) is 4.96. The Balaban J connectivity index is 1.97. The third-order valence-electron chi connectivity index (χ3n) is 3.87. The largest absolute Gasteiger partial charge is 0.418 e. The molecule has 0 fully saturated rings. The molecular weight excluding hydrogens is 369 g/mol. The molecule has 0 radical (unpaired) electrons. The molecule has 0 atom stereocenters. The maximum Gasteiger partial charge on any atom is 0.418 e.